The normalized spacial score (nSPS) is 24.3. The second kappa shape index (κ2) is 6.52. The Hall–Kier alpha value is -1.55. The fraction of sp³-hybridized carbons (Fsp3) is 0.632. The summed E-state index contributed by atoms with van der Waals surface area (Å²) >= 11 is 0. The molecule has 2 aliphatic rings. The van der Waals surface area contributed by atoms with Crippen molar-refractivity contribution in [2.75, 3.05) is 27.3 Å². The molecule has 2 atom stereocenters. The number of nitrogens with one attached hydrogen (secondary N) is 1. The summed E-state index contributed by atoms with van der Waals surface area (Å²) in [5.41, 5.74) is 3.59. The molecule has 1 fully saturated rings. The van der Waals surface area contributed by atoms with Crippen molar-refractivity contribution in [1.29, 1.82) is 5.41 Å². The molecule has 1 saturated heterocycles. The van der Waals surface area contributed by atoms with E-state index in [-0.39, 0.29) is 0 Å². The summed E-state index contributed by atoms with van der Waals surface area (Å²) in [5, 5.41) is 8.50. The van der Waals surface area contributed by atoms with Crippen LogP contribution in [0.5, 0.6) is 11.5 Å². The Morgan fingerprint density at radius 1 is 1.22 bits per heavy atom. The van der Waals surface area contributed by atoms with Gasteiger partial charge in [0.1, 0.15) is 0 Å². The van der Waals surface area contributed by atoms with Crippen molar-refractivity contribution in [3.63, 3.8) is 0 Å². The van der Waals surface area contributed by atoms with Gasteiger partial charge in [-0.05, 0) is 42.0 Å². The maximum absolute atomic E-state index is 8.50. The molecule has 0 aromatic heterocycles. The summed E-state index contributed by atoms with van der Waals surface area (Å²) in [4.78, 5) is 2.57. The molecule has 0 aliphatic carbocycles. The maximum atomic E-state index is 8.50. The lowest BCUT2D eigenvalue weighted by Gasteiger charge is -2.44. The van der Waals surface area contributed by atoms with E-state index in [0.717, 1.165) is 49.6 Å². The first-order chi connectivity index (χ1) is 11.0. The number of hydrogen-bond donors (Lipinski definition) is 1. The van der Waals surface area contributed by atoms with Crippen LogP contribution in [0, 0.1) is 17.2 Å². The van der Waals surface area contributed by atoms with Gasteiger partial charge in [-0.25, -0.2) is 0 Å². The summed E-state index contributed by atoms with van der Waals surface area (Å²) in [6, 6.07) is 4.57. The standard InChI is InChI=1S/C19H28N2O2/c1-12(2)7-14-11-21-6-5-13-8-18(22-3)19(23-4)9-15(13)17(21)10-16(14)20/h8-9,12,14,17,20H,5-7,10-11H2,1-4H3. The van der Waals surface area contributed by atoms with E-state index in [1.54, 1.807) is 14.2 Å². The summed E-state index contributed by atoms with van der Waals surface area (Å²) in [6.07, 6.45) is 3.02. The molecule has 2 heterocycles. The van der Waals surface area contributed by atoms with Gasteiger partial charge in [0.25, 0.3) is 0 Å². The lowest BCUT2D eigenvalue weighted by molar-refractivity contribution is 0.147. The van der Waals surface area contributed by atoms with E-state index in [4.69, 9.17) is 14.9 Å². The van der Waals surface area contributed by atoms with Crippen LogP contribution in [-0.2, 0) is 6.42 Å². The zero-order valence-electron chi connectivity index (χ0n) is 14.7. The highest BCUT2D eigenvalue weighted by Gasteiger charge is 2.36. The Morgan fingerprint density at radius 3 is 2.57 bits per heavy atom. The highest BCUT2D eigenvalue weighted by atomic mass is 16.5. The highest BCUT2D eigenvalue weighted by Crippen LogP contribution is 2.42. The minimum atomic E-state index is 0.328. The van der Waals surface area contributed by atoms with Crippen molar-refractivity contribution in [3.05, 3.63) is 23.3 Å². The van der Waals surface area contributed by atoms with E-state index in [9.17, 15) is 0 Å². The average molecular weight is 316 g/mol. The molecule has 4 nitrogen and oxygen atoms in total. The molecule has 0 radical (unpaired) electrons. The molecule has 1 aromatic rings. The van der Waals surface area contributed by atoms with Crippen molar-refractivity contribution in [1.82, 2.24) is 4.90 Å². The molecular weight excluding hydrogens is 288 g/mol. The van der Waals surface area contributed by atoms with Gasteiger partial charge in [-0.15, -0.1) is 0 Å². The van der Waals surface area contributed by atoms with Crippen LogP contribution in [0.4, 0.5) is 0 Å². The van der Waals surface area contributed by atoms with Crippen molar-refractivity contribution < 1.29 is 9.47 Å². The van der Waals surface area contributed by atoms with E-state index in [2.05, 4.69) is 30.9 Å². The van der Waals surface area contributed by atoms with Crippen LogP contribution in [0.2, 0.25) is 0 Å². The second-order valence-corrected chi connectivity index (χ2v) is 7.22. The number of piperidine rings is 1. The Morgan fingerprint density at radius 2 is 1.91 bits per heavy atom. The van der Waals surface area contributed by atoms with Gasteiger partial charge in [-0.3, -0.25) is 4.90 Å². The highest BCUT2D eigenvalue weighted by molar-refractivity contribution is 5.85. The van der Waals surface area contributed by atoms with Gasteiger partial charge in [0.15, 0.2) is 11.5 Å². The van der Waals surface area contributed by atoms with Crippen LogP contribution in [0.15, 0.2) is 12.1 Å². The van der Waals surface area contributed by atoms with Crippen molar-refractivity contribution in [3.8, 4) is 11.5 Å². The summed E-state index contributed by atoms with van der Waals surface area (Å²) in [5.74, 6) is 2.68. The topological polar surface area (TPSA) is 45.6 Å². The molecular formula is C19H28N2O2. The number of fused-ring (bicyclic) bond motifs is 3. The zero-order valence-corrected chi connectivity index (χ0v) is 14.7. The lowest BCUT2D eigenvalue weighted by Crippen LogP contribution is -2.46. The molecule has 23 heavy (non-hydrogen) atoms. The van der Waals surface area contributed by atoms with E-state index in [0.29, 0.717) is 17.9 Å². The summed E-state index contributed by atoms with van der Waals surface area (Å²) in [7, 11) is 3.37. The number of benzene rings is 1. The third-order valence-corrected chi connectivity index (χ3v) is 5.23. The largest absolute Gasteiger partial charge is 0.493 e. The number of methoxy groups -OCH3 is 2. The van der Waals surface area contributed by atoms with Crippen molar-refractivity contribution >= 4 is 5.71 Å². The van der Waals surface area contributed by atoms with Crippen LogP contribution in [0.3, 0.4) is 0 Å². The fourth-order valence-corrected chi connectivity index (χ4v) is 4.09. The first kappa shape index (κ1) is 16.3. The average Bonchev–Trinajstić information content (AvgIpc) is 2.53. The first-order valence-electron chi connectivity index (χ1n) is 8.59. The van der Waals surface area contributed by atoms with E-state index in [1.165, 1.54) is 11.1 Å². The zero-order chi connectivity index (χ0) is 16.6. The van der Waals surface area contributed by atoms with Gasteiger partial charge in [-0.1, -0.05) is 13.8 Å². The monoisotopic (exact) mass is 316 g/mol. The minimum absolute atomic E-state index is 0.328. The smallest absolute Gasteiger partial charge is 0.161 e. The summed E-state index contributed by atoms with van der Waals surface area (Å²) < 4.78 is 10.9. The first-order valence-corrected chi connectivity index (χ1v) is 8.59. The van der Waals surface area contributed by atoms with Crippen LogP contribution in [0.1, 0.15) is 43.9 Å². The third kappa shape index (κ3) is 3.09. The van der Waals surface area contributed by atoms with Crippen molar-refractivity contribution in [2.24, 2.45) is 11.8 Å². The van der Waals surface area contributed by atoms with Crippen LogP contribution >= 0.6 is 0 Å². The van der Waals surface area contributed by atoms with E-state index >= 15 is 0 Å². The van der Waals surface area contributed by atoms with E-state index in [1.807, 2.05) is 0 Å². The molecule has 2 aliphatic heterocycles. The predicted octanol–water partition coefficient (Wildman–Crippen LogP) is 3.69. The Balaban J connectivity index is 1.89. The van der Waals surface area contributed by atoms with Crippen LogP contribution in [-0.4, -0.2) is 37.9 Å². The number of rotatable bonds is 4. The molecule has 1 aromatic carbocycles. The van der Waals surface area contributed by atoms with Gasteiger partial charge < -0.3 is 14.9 Å². The molecule has 4 heteroatoms. The third-order valence-electron chi connectivity index (χ3n) is 5.23. The molecule has 2 unspecified atom stereocenters. The van der Waals surface area contributed by atoms with Gasteiger partial charge in [0.2, 0.25) is 0 Å². The van der Waals surface area contributed by atoms with E-state index < -0.39 is 0 Å². The van der Waals surface area contributed by atoms with Crippen LogP contribution in [0.25, 0.3) is 0 Å². The maximum Gasteiger partial charge on any atom is 0.161 e. The van der Waals surface area contributed by atoms with Gasteiger partial charge in [-0.2, -0.15) is 0 Å². The molecule has 0 spiro atoms. The number of hydrogen-bond acceptors (Lipinski definition) is 4. The minimum Gasteiger partial charge on any atom is -0.493 e. The molecule has 1 N–H and O–H groups in total. The molecule has 126 valence electrons. The van der Waals surface area contributed by atoms with Gasteiger partial charge in [0, 0.05) is 37.2 Å². The second-order valence-electron chi connectivity index (χ2n) is 7.22. The SMILES string of the molecule is COc1cc2c(cc1OC)C1CC(=N)C(CC(C)C)CN1CC2. The fourth-order valence-electron chi connectivity index (χ4n) is 4.09. The molecule has 3 rings (SSSR count). The van der Waals surface area contributed by atoms with Gasteiger partial charge in [0.05, 0.1) is 14.2 Å². The Labute approximate surface area is 139 Å². The van der Waals surface area contributed by atoms with Crippen LogP contribution < -0.4 is 9.47 Å². The predicted molar refractivity (Wildman–Crippen MR) is 92.9 cm³/mol. The van der Waals surface area contributed by atoms with Crippen molar-refractivity contribution in [2.45, 2.75) is 39.2 Å². The Bertz CT molecular complexity index is 597. The lowest BCUT2D eigenvalue weighted by atomic mass is 9.79. The molecule has 0 bridgehead atoms. The number of ether oxygens (including phenoxy) is 2. The van der Waals surface area contributed by atoms with Gasteiger partial charge >= 0.3 is 0 Å². The molecule has 0 amide bonds. The number of nitrogens with zero attached hydrogens (tertiary/aromatic N) is 1. The summed E-state index contributed by atoms with van der Waals surface area (Å²) in [6.45, 7) is 6.61. The Kier molecular flexibility index (Phi) is 4.62. The quantitative estimate of drug-likeness (QED) is 0.921. The molecule has 0 saturated carbocycles.